The van der Waals surface area contributed by atoms with Gasteiger partial charge in [-0.05, 0) is 12.5 Å². The fourth-order valence-corrected chi connectivity index (χ4v) is 1.55. The van der Waals surface area contributed by atoms with Crippen molar-refractivity contribution in [2.45, 2.75) is 32.2 Å². The summed E-state index contributed by atoms with van der Waals surface area (Å²) in [6.45, 7) is 1.96. The number of nitrogens with one attached hydrogen (secondary N) is 1. The fourth-order valence-electron chi connectivity index (χ4n) is 1.55. The van der Waals surface area contributed by atoms with Crippen LogP contribution in [0.15, 0.2) is 18.2 Å². The van der Waals surface area contributed by atoms with E-state index in [0.717, 1.165) is 31.0 Å². The van der Waals surface area contributed by atoms with Crippen LogP contribution in [0.1, 0.15) is 26.2 Å². The van der Waals surface area contributed by atoms with Crippen molar-refractivity contribution in [3.8, 4) is 0 Å². The Morgan fingerprint density at radius 3 is 2.84 bits per heavy atom. The van der Waals surface area contributed by atoms with Gasteiger partial charge < -0.3 is 11.1 Å². The summed E-state index contributed by atoms with van der Waals surface area (Å²) < 4.78 is 13.1. The lowest BCUT2D eigenvalue weighted by molar-refractivity contribution is -0.384. The van der Waals surface area contributed by atoms with Gasteiger partial charge in [0.15, 0.2) is 0 Å². The van der Waals surface area contributed by atoms with E-state index in [9.17, 15) is 19.3 Å². The van der Waals surface area contributed by atoms with Gasteiger partial charge in [-0.3, -0.25) is 14.9 Å². The molecular weight excluding hydrogens is 253 g/mol. The van der Waals surface area contributed by atoms with Gasteiger partial charge in [0, 0.05) is 12.1 Å². The van der Waals surface area contributed by atoms with E-state index in [0.29, 0.717) is 6.42 Å². The highest BCUT2D eigenvalue weighted by molar-refractivity contribution is 5.96. The smallest absolute Gasteiger partial charge is 0.292 e. The van der Waals surface area contributed by atoms with E-state index in [1.165, 1.54) is 0 Å². The van der Waals surface area contributed by atoms with E-state index < -0.39 is 22.7 Å². The summed E-state index contributed by atoms with van der Waals surface area (Å²) in [7, 11) is 0. The molecule has 1 unspecified atom stereocenters. The highest BCUT2D eigenvalue weighted by Gasteiger charge is 2.19. The Labute approximate surface area is 109 Å². The van der Waals surface area contributed by atoms with Crippen LogP contribution in [0.5, 0.6) is 0 Å². The molecule has 0 aliphatic carbocycles. The first-order valence-electron chi connectivity index (χ1n) is 5.96. The molecule has 104 valence electrons. The minimum absolute atomic E-state index is 0.179. The molecule has 3 N–H and O–H groups in total. The molecule has 0 aliphatic heterocycles. The third-order valence-electron chi connectivity index (χ3n) is 2.62. The summed E-state index contributed by atoms with van der Waals surface area (Å²) in [4.78, 5) is 21.8. The molecule has 0 aliphatic rings. The number of nitrogens with two attached hydrogens (primary N) is 1. The Hall–Kier alpha value is -2.02. The van der Waals surface area contributed by atoms with Crippen LogP contribution in [0, 0.1) is 15.9 Å². The number of carbonyl (C=O) groups excluding carboxylic acids is 1. The molecular formula is C12H16FN3O3. The van der Waals surface area contributed by atoms with Crippen LogP contribution in [0.4, 0.5) is 15.8 Å². The van der Waals surface area contributed by atoms with Gasteiger partial charge in [0.2, 0.25) is 5.91 Å². The predicted octanol–water partition coefficient (Wildman–Crippen LogP) is 2.19. The number of anilines is 1. The highest BCUT2D eigenvalue weighted by atomic mass is 19.1. The molecule has 0 fully saturated rings. The number of nitrogens with zero attached hydrogens (tertiary/aromatic N) is 1. The number of benzene rings is 1. The Balaban J connectivity index is 2.83. The van der Waals surface area contributed by atoms with Crippen LogP contribution in [0.3, 0.4) is 0 Å². The van der Waals surface area contributed by atoms with E-state index in [-0.39, 0.29) is 11.4 Å². The minimum Gasteiger partial charge on any atom is -0.320 e. The van der Waals surface area contributed by atoms with Crippen molar-refractivity contribution in [1.29, 1.82) is 0 Å². The van der Waals surface area contributed by atoms with E-state index in [1.54, 1.807) is 0 Å². The number of carbonyl (C=O) groups is 1. The van der Waals surface area contributed by atoms with Gasteiger partial charge in [0.05, 0.1) is 11.0 Å². The minimum atomic E-state index is -0.761. The van der Waals surface area contributed by atoms with Gasteiger partial charge in [-0.25, -0.2) is 4.39 Å². The molecule has 0 spiro atoms. The quantitative estimate of drug-likeness (QED) is 0.610. The number of amides is 1. The molecule has 1 aromatic carbocycles. The summed E-state index contributed by atoms with van der Waals surface area (Å²) in [5, 5.41) is 13.1. The molecule has 19 heavy (non-hydrogen) atoms. The molecule has 1 atom stereocenters. The molecule has 0 saturated heterocycles. The summed E-state index contributed by atoms with van der Waals surface area (Å²) in [6.07, 6.45) is 2.15. The normalized spacial score (nSPS) is 11.9. The zero-order chi connectivity index (χ0) is 14.4. The predicted molar refractivity (Wildman–Crippen MR) is 69.2 cm³/mol. The number of nitro benzene ring substituents is 1. The monoisotopic (exact) mass is 269 g/mol. The summed E-state index contributed by atoms with van der Waals surface area (Å²) in [5.41, 5.74) is 5.10. The third kappa shape index (κ3) is 4.29. The lowest BCUT2D eigenvalue weighted by Gasteiger charge is -2.11. The number of halogens is 1. The standard InChI is InChI=1S/C12H16FN3O3/c1-2-3-4-9(14)12(17)15-10-7-8(13)5-6-11(10)16(18)19/h5-7,9H,2-4,14H2,1H3,(H,15,17). The van der Waals surface area contributed by atoms with Gasteiger partial charge in [0.25, 0.3) is 5.69 Å². The second-order valence-corrected chi connectivity index (χ2v) is 4.16. The summed E-state index contributed by atoms with van der Waals surface area (Å²) >= 11 is 0. The van der Waals surface area contributed by atoms with Crippen molar-refractivity contribution in [3.63, 3.8) is 0 Å². The van der Waals surface area contributed by atoms with Crippen molar-refractivity contribution < 1.29 is 14.1 Å². The van der Waals surface area contributed by atoms with Gasteiger partial charge >= 0.3 is 0 Å². The second-order valence-electron chi connectivity index (χ2n) is 4.16. The molecule has 1 amide bonds. The second kappa shape index (κ2) is 6.79. The van der Waals surface area contributed by atoms with E-state index >= 15 is 0 Å². The maximum Gasteiger partial charge on any atom is 0.292 e. The van der Waals surface area contributed by atoms with Gasteiger partial charge in [-0.1, -0.05) is 19.8 Å². The molecule has 0 heterocycles. The molecule has 0 saturated carbocycles. The average molecular weight is 269 g/mol. The average Bonchev–Trinajstić information content (AvgIpc) is 2.35. The first-order chi connectivity index (χ1) is 8.95. The van der Waals surface area contributed by atoms with Crippen molar-refractivity contribution >= 4 is 17.3 Å². The first kappa shape index (κ1) is 15.0. The van der Waals surface area contributed by atoms with Crippen molar-refractivity contribution in [1.82, 2.24) is 0 Å². The van der Waals surface area contributed by atoms with Crippen LogP contribution in [-0.2, 0) is 4.79 Å². The van der Waals surface area contributed by atoms with Gasteiger partial charge in [-0.2, -0.15) is 0 Å². The van der Waals surface area contributed by atoms with Crippen molar-refractivity contribution in [2.24, 2.45) is 5.73 Å². The van der Waals surface area contributed by atoms with Gasteiger partial charge in [-0.15, -0.1) is 0 Å². The molecule has 6 nitrogen and oxygen atoms in total. The van der Waals surface area contributed by atoms with Crippen LogP contribution in [0.25, 0.3) is 0 Å². The number of nitro groups is 1. The number of rotatable bonds is 6. The van der Waals surface area contributed by atoms with E-state index in [2.05, 4.69) is 5.32 Å². The fraction of sp³-hybridized carbons (Fsp3) is 0.417. The van der Waals surface area contributed by atoms with Crippen LogP contribution in [0.2, 0.25) is 0 Å². The van der Waals surface area contributed by atoms with Gasteiger partial charge in [0.1, 0.15) is 11.5 Å². The SMILES string of the molecule is CCCCC(N)C(=O)Nc1cc(F)ccc1[N+](=O)[O-]. The molecule has 0 aromatic heterocycles. The largest absolute Gasteiger partial charge is 0.320 e. The first-order valence-corrected chi connectivity index (χ1v) is 5.96. The molecule has 0 radical (unpaired) electrons. The summed E-state index contributed by atoms with van der Waals surface area (Å²) in [6, 6.07) is 2.11. The van der Waals surface area contributed by atoms with E-state index in [4.69, 9.17) is 5.73 Å². The van der Waals surface area contributed by atoms with E-state index in [1.807, 2.05) is 6.92 Å². The van der Waals surface area contributed by atoms with Crippen LogP contribution < -0.4 is 11.1 Å². The van der Waals surface area contributed by atoms with Crippen LogP contribution >= 0.6 is 0 Å². The summed E-state index contributed by atoms with van der Waals surface area (Å²) in [5.74, 6) is -1.22. The molecule has 0 bridgehead atoms. The molecule has 1 aromatic rings. The zero-order valence-corrected chi connectivity index (χ0v) is 10.6. The van der Waals surface area contributed by atoms with Crippen molar-refractivity contribution in [3.05, 3.63) is 34.1 Å². The molecule has 7 heteroatoms. The zero-order valence-electron chi connectivity index (χ0n) is 10.6. The number of hydrogen-bond acceptors (Lipinski definition) is 4. The Morgan fingerprint density at radius 2 is 2.26 bits per heavy atom. The number of hydrogen-bond donors (Lipinski definition) is 2. The third-order valence-corrected chi connectivity index (χ3v) is 2.62. The molecule has 1 rings (SSSR count). The Kier molecular flexibility index (Phi) is 5.37. The number of unbranched alkanes of at least 4 members (excludes halogenated alkanes) is 1. The maximum absolute atomic E-state index is 13.1. The lowest BCUT2D eigenvalue weighted by atomic mass is 10.1. The van der Waals surface area contributed by atoms with Crippen LogP contribution in [-0.4, -0.2) is 16.9 Å². The highest BCUT2D eigenvalue weighted by Crippen LogP contribution is 2.25. The Bertz CT molecular complexity index is 479. The Morgan fingerprint density at radius 1 is 1.58 bits per heavy atom. The topological polar surface area (TPSA) is 98.3 Å². The van der Waals surface area contributed by atoms with Crippen molar-refractivity contribution in [2.75, 3.05) is 5.32 Å². The lowest BCUT2D eigenvalue weighted by Crippen LogP contribution is -2.35. The maximum atomic E-state index is 13.1.